The average Bonchev–Trinajstić information content (AvgIpc) is 3.72. The first-order valence-electron chi connectivity index (χ1n) is 14.1. The van der Waals surface area contributed by atoms with Gasteiger partial charge in [0.1, 0.15) is 12.2 Å². The Bertz CT molecular complexity index is 1820. The number of rotatable bonds is 5. The molecule has 0 atom stereocenters. The second-order valence-electron chi connectivity index (χ2n) is 11.2. The number of likely N-dealkylation sites (tertiary alicyclic amines) is 1. The molecule has 2 aromatic heterocycles. The molecule has 0 spiro atoms. The van der Waals surface area contributed by atoms with E-state index in [1.807, 2.05) is 18.3 Å². The first kappa shape index (κ1) is 30.8. The Morgan fingerprint density at radius 2 is 1.56 bits per heavy atom. The molecule has 0 radical (unpaired) electrons. The van der Waals surface area contributed by atoms with Crippen LogP contribution >= 0.6 is 11.6 Å². The van der Waals surface area contributed by atoms with E-state index in [4.69, 9.17) is 11.6 Å². The molecule has 236 valence electrons. The molecule has 1 saturated heterocycles. The number of nitrogens with zero attached hydrogens (tertiary/aromatic N) is 5. The van der Waals surface area contributed by atoms with Crippen molar-refractivity contribution in [1.82, 2.24) is 9.25 Å². The molecule has 0 bridgehead atoms. The van der Waals surface area contributed by atoms with Crippen LogP contribution < -0.4 is 9.58 Å². The Kier molecular flexibility index (Phi) is 7.55. The molecule has 0 aliphatic carbocycles. The lowest BCUT2D eigenvalue weighted by Crippen LogP contribution is -2.61. The van der Waals surface area contributed by atoms with Crippen molar-refractivity contribution < 1.29 is 49.9 Å². The lowest BCUT2D eigenvalue weighted by atomic mass is 10.1. The van der Waals surface area contributed by atoms with Crippen LogP contribution in [0.15, 0.2) is 60.9 Å². The minimum absolute atomic E-state index is 0.0949. The highest BCUT2D eigenvalue weighted by Gasteiger charge is 2.56. The van der Waals surface area contributed by atoms with Gasteiger partial charge in [-0.2, -0.15) is 26.3 Å². The Morgan fingerprint density at radius 3 is 2.20 bits per heavy atom. The number of fused-ring (bicyclic) bond motifs is 2. The van der Waals surface area contributed by atoms with E-state index in [0.717, 1.165) is 22.0 Å². The highest BCUT2D eigenvalue weighted by molar-refractivity contribution is 6.30. The molecule has 0 N–H and O–H groups in total. The monoisotopic (exact) mass is 653 g/mol. The second kappa shape index (κ2) is 11.0. The number of carbonyl (C=O) groups excluding carboxylic acids is 3. The quantitative estimate of drug-likeness (QED) is 0.160. The predicted molar refractivity (Wildman–Crippen MR) is 151 cm³/mol. The molecule has 2 amide bonds. The van der Waals surface area contributed by atoms with Gasteiger partial charge in [0.15, 0.2) is 0 Å². The molecule has 6 rings (SSSR count). The molecule has 2 aromatic carbocycles. The van der Waals surface area contributed by atoms with E-state index in [-0.39, 0.29) is 36.4 Å². The fourth-order valence-electron chi connectivity index (χ4n) is 6.27. The minimum Gasteiger partial charge on any atom is -0.341 e. The molecule has 0 unspecified atom stereocenters. The molecule has 2 aliphatic rings. The lowest BCUT2D eigenvalue weighted by molar-refractivity contribution is -0.878. The number of halogens is 7. The third kappa shape index (κ3) is 5.61. The molecular weight excluding hydrogens is 628 g/mol. The van der Waals surface area contributed by atoms with Crippen molar-refractivity contribution in [2.24, 2.45) is 0 Å². The van der Waals surface area contributed by atoms with E-state index in [9.17, 15) is 40.7 Å². The van der Waals surface area contributed by atoms with Crippen LogP contribution in [0.1, 0.15) is 28.1 Å². The van der Waals surface area contributed by atoms with Gasteiger partial charge in [0.05, 0.1) is 30.4 Å². The Morgan fingerprint density at radius 1 is 0.867 bits per heavy atom. The summed E-state index contributed by atoms with van der Waals surface area (Å²) in [5, 5.41) is 0.761. The van der Waals surface area contributed by atoms with Crippen molar-refractivity contribution in [1.29, 1.82) is 0 Å². The lowest BCUT2D eigenvalue weighted by Gasteiger charge is -2.30. The number of carbonyl (C=O) groups is 3. The van der Waals surface area contributed by atoms with Crippen molar-refractivity contribution in [3.63, 3.8) is 0 Å². The van der Waals surface area contributed by atoms with Gasteiger partial charge >= 0.3 is 24.2 Å². The van der Waals surface area contributed by atoms with Gasteiger partial charge in [-0.25, -0.2) is 9.28 Å². The first-order valence-corrected chi connectivity index (χ1v) is 14.5. The maximum atomic E-state index is 13.6. The normalized spacial score (nSPS) is 16.8. The summed E-state index contributed by atoms with van der Waals surface area (Å²) in [7, 11) is 0. The number of benzene rings is 2. The van der Waals surface area contributed by atoms with Crippen LogP contribution in [0.25, 0.3) is 22.0 Å². The maximum absolute atomic E-state index is 13.6. The van der Waals surface area contributed by atoms with Gasteiger partial charge in [-0.3, -0.25) is 9.59 Å². The Balaban J connectivity index is 1.36. The molecule has 45 heavy (non-hydrogen) atoms. The van der Waals surface area contributed by atoms with Crippen LogP contribution in [0.5, 0.6) is 0 Å². The number of hydrogen-bond acceptors (Lipinski definition) is 3. The van der Waals surface area contributed by atoms with E-state index < -0.39 is 41.7 Å². The number of anilines is 1. The van der Waals surface area contributed by atoms with Crippen molar-refractivity contribution in [3.8, 4) is 11.1 Å². The summed E-state index contributed by atoms with van der Waals surface area (Å²) in [5.41, 5.74) is 2.45. The highest BCUT2D eigenvalue weighted by Crippen LogP contribution is 2.31. The van der Waals surface area contributed by atoms with E-state index in [0.29, 0.717) is 40.5 Å². The summed E-state index contributed by atoms with van der Waals surface area (Å²) >= 11 is 5.99. The highest BCUT2D eigenvalue weighted by atomic mass is 35.5. The summed E-state index contributed by atoms with van der Waals surface area (Å²) in [6.07, 6.45) is -6.93. The van der Waals surface area contributed by atoms with Gasteiger partial charge < -0.3 is 9.47 Å². The standard InChI is InChI=1S/C30H26ClF6N5O3/c31-22-6-3-19(4-7-22)21-15-25-26(43)39(10-9-38(25)17-21)23-8-5-20-18-41(27(44)29(32,33)34)40(24(20)16-23)11-14-42(12-1-2-13-42)28(45)30(35,36)37/h3-8,15-18H,1-2,9-14H2/q+2. The summed E-state index contributed by atoms with van der Waals surface area (Å²) in [6.45, 7) is -0.543. The SMILES string of the molecule is O=C1c2cc(-c3ccc(Cl)cc3)cn2CCN1c1ccc2cn(C(=O)C(F)(F)F)[n+](CC[N+]3(C(=O)C(F)(F)F)CCCC3)c2c1. The van der Waals surface area contributed by atoms with Gasteiger partial charge in [-0.15, -0.1) is 0 Å². The number of quaternary nitrogens is 1. The molecule has 0 saturated carbocycles. The largest absolute Gasteiger partial charge is 0.509 e. The van der Waals surface area contributed by atoms with E-state index in [2.05, 4.69) is 0 Å². The molecule has 8 nitrogen and oxygen atoms in total. The van der Waals surface area contributed by atoms with Gasteiger partial charge in [0.2, 0.25) is 12.1 Å². The van der Waals surface area contributed by atoms with E-state index in [1.54, 1.807) is 22.8 Å². The Labute approximate surface area is 257 Å². The number of aromatic nitrogens is 3. The van der Waals surface area contributed by atoms with Crippen LogP contribution in [-0.4, -0.2) is 70.0 Å². The Hall–Kier alpha value is -4.17. The zero-order valence-electron chi connectivity index (χ0n) is 23.5. The predicted octanol–water partition coefficient (Wildman–Crippen LogP) is 5.61. The molecular formula is C30H26ClF6N5O3+2. The van der Waals surface area contributed by atoms with Crippen LogP contribution in [0.2, 0.25) is 5.02 Å². The van der Waals surface area contributed by atoms with Gasteiger partial charge in [-0.1, -0.05) is 33.1 Å². The average molecular weight is 654 g/mol. The zero-order chi connectivity index (χ0) is 32.3. The van der Waals surface area contributed by atoms with Gasteiger partial charge in [0, 0.05) is 48.8 Å². The third-order valence-corrected chi connectivity index (χ3v) is 8.77. The van der Waals surface area contributed by atoms with Crippen molar-refractivity contribution in [3.05, 3.63) is 71.6 Å². The fraction of sp³-hybridized carbons (Fsp3) is 0.333. The minimum atomic E-state index is -5.28. The van der Waals surface area contributed by atoms with Gasteiger partial charge in [-0.05, 0) is 35.9 Å². The maximum Gasteiger partial charge on any atom is 0.509 e. The summed E-state index contributed by atoms with van der Waals surface area (Å²) in [6, 6.07) is 13.3. The van der Waals surface area contributed by atoms with Crippen molar-refractivity contribution >= 4 is 45.9 Å². The number of amides is 2. The van der Waals surface area contributed by atoms with Gasteiger partial charge in [0.25, 0.3) is 5.91 Å². The van der Waals surface area contributed by atoms with Crippen LogP contribution in [0.4, 0.5) is 32.0 Å². The topological polar surface area (TPSA) is 68.2 Å². The number of alkyl halides is 6. The number of hydrogen-bond donors (Lipinski definition) is 0. The zero-order valence-corrected chi connectivity index (χ0v) is 24.3. The first-order chi connectivity index (χ1) is 21.2. The molecule has 4 heterocycles. The molecule has 1 fully saturated rings. The van der Waals surface area contributed by atoms with Crippen molar-refractivity contribution in [2.75, 3.05) is 31.1 Å². The van der Waals surface area contributed by atoms with E-state index in [1.165, 1.54) is 23.1 Å². The van der Waals surface area contributed by atoms with E-state index >= 15 is 0 Å². The van der Waals surface area contributed by atoms with Crippen molar-refractivity contribution in [2.45, 2.75) is 38.3 Å². The molecule has 15 heteroatoms. The summed E-state index contributed by atoms with van der Waals surface area (Å²) in [4.78, 5) is 39.9. The fourth-order valence-corrected chi connectivity index (χ4v) is 6.40. The molecule has 2 aliphatic heterocycles. The van der Waals surface area contributed by atoms with Crippen LogP contribution in [0, 0.1) is 0 Å². The summed E-state index contributed by atoms with van der Waals surface area (Å²) in [5.74, 6) is -4.57. The molecule has 4 aromatic rings. The second-order valence-corrected chi connectivity index (χ2v) is 11.7. The van der Waals surface area contributed by atoms with Crippen LogP contribution in [0.3, 0.4) is 0 Å². The smallest absolute Gasteiger partial charge is 0.341 e. The summed E-state index contributed by atoms with van der Waals surface area (Å²) < 4.78 is 83.4. The third-order valence-electron chi connectivity index (χ3n) is 8.51. The van der Waals surface area contributed by atoms with Crippen LogP contribution in [-0.2, 0) is 17.9 Å².